The Morgan fingerprint density at radius 1 is 1.19 bits per heavy atom. The largest absolute Gasteiger partial charge is 0.506 e. The van der Waals surface area contributed by atoms with E-state index in [-0.39, 0.29) is 11.3 Å². The van der Waals surface area contributed by atoms with Crippen LogP contribution in [0.15, 0.2) is 16.9 Å². The molecule has 1 aliphatic rings. The summed E-state index contributed by atoms with van der Waals surface area (Å²) in [5.41, 5.74) is -0.587. The van der Waals surface area contributed by atoms with Gasteiger partial charge in [0.1, 0.15) is 11.3 Å². The molecule has 0 spiro atoms. The number of methoxy groups -OCH3 is 2. The van der Waals surface area contributed by atoms with Gasteiger partial charge in [0.25, 0.3) is 11.5 Å². The van der Waals surface area contributed by atoms with Gasteiger partial charge in [-0.05, 0) is 32.0 Å². The number of carbonyl (C=O) groups is 1. The number of hydrogen-bond donors (Lipinski definition) is 3. The zero-order valence-corrected chi connectivity index (χ0v) is 15.6. The predicted octanol–water partition coefficient (Wildman–Crippen LogP) is 1.47. The topological polar surface area (TPSA) is 104 Å². The second-order valence-corrected chi connectivity index (χ2v) is 6.59. The van der Waals surface area contributed by atoms with Crippen LogP contribution in [0.1, 0.15) is 29.6 Å². The van der Waals surface area contributed by atoms with Gasteiger partial charge in [0.05, 0.1) is 19.7 Å². The molecule has 1 aliphatic heterocycles. The smallest absolute Gasteiger partial charge is 0.265 e. The number of hydrogen-bond acceptors (Lipinski definition) is 6. The molecule has 0 bridgehead atoms. The molecule has 8 nitrogen and oxygen atoms in total. The number of H-pyrrole nitrogens is 1. The standard InChI is InChI=1S/C19H25N3O5/c1-26-14-10-12-13(11-15(14)27-2)21-19(25)16(17(12)23)18(24)20-6-9-22-7-4-3-5-8-22/h10-11H,3-9H2,1-2H3,(H,20,24)(H2,21,23,25). The average Bonchev–Trinajstić information content (AvgIpc) is 2.68. The SMILES string of the molecule is COc1cc2[nH]c(=O)c(C(=O)NCCN3CCCCC3)c(O)c2cc1OC. The molecular weight excluding hydrogens is 350 g/mol. The minimum absolute atomic E-state index is 0.298. The number of rotatable bonds is 6. The number of carbonyl (C=O) groups excluding carboxylic acids is 1. The van der Waals surface area contributed by atoms with E-state index in [1.165, 1.54) is 39.5 Å². The fraction of sp³-hybridized carbons (Fsp3) is 0.474. The van der Waals surface area contributed by atoms with Gasteiger partial charge in [-0.25, -0.2) is 0 Å². The average molecular weight is 375 g/mol. The number of nitrogens with one attached hydrogen (secondary N) is 2. The van der Waals surface area contributed by atoms with Crippen LogP contribution in [-0.4, -0.2) is 61.3 Å². The van der Waals surface area contributed by atoms with Crippen LogP contribution in [0.2, 0.25) is 0 Å². The molecule has 1 saturated heterocycles. The lowest BCUT2D eigenvalue weighted by atomic mass is 10.1. The molecule has 1 amide bonds. The molecule has 27 heavy (non-hydrogen) atoms. The van der Waals surface area contributed by atoms with Crippen molar-refractivity contribution in [2.75, 3.05) is 40.4 Å². The predicted molar refractivity (Wildman–Crippen MR) is 102 cm³/mol. The Bertz CT molecular complexity index is 887. The number of amides is 1. The van der Waals surface area contributed by atoms with Crippen molar-refractivity contribution in [2.45, 2.75) is 19.3 Å². The minimum Gasteiger partial charge on any atom is -0.506 e. The molecule has 0 saturated carbocycles. The number of ether oxygens (including phenoxy) is 2. The molecule has 0 aliphatic carbocycles. The summed E-state index contributed by atoms with van der Waals surface area (Å²) in [7, 11) is 2.95. The quantitative estimate of drug-likeness (QED) is 0.706. The van der Waals surface area contributed by atoms with E-state index in [1.54, 1.807) is 6.07 Å². The highest BCUT2D eigenvalue weighted by molar-refractivity contribution is 6.02. The van der Waals surface area contributed by atoms with E-state index >= 15 is 0 Å². The molecule has 1 aromatic carbocycles. The second-order valence-electron chi connectivity index (χ2n) is 6.59. The Labute approximate surface area is 157 Å². The van der Waals surface area contributed by atoms with E-state index in [2.05, 4.69) is 15.2 Å². The number of aromatic hydroxyl groups is 1. The first-order valence-corrected chi connectivity index (χ1v) is 9.06. The van der Waals surface area contributed by atoms with E-state index in [4.69, 9.17) is 9.47 Å². The highest BCUT2D eigenvalue weighted by Crippen LogP contribution is 2.35. The molecule has 3 rings (SSSR count). The van der Waals surface area contributed by atoms with E-state index in [1.807, 2.05) is 0 Å². The van der Waals surface area contributed by atoms with Gasteiger partial charge in [0.2, 0.25) is 0 Å². The normalized spacial score (nSPS) is 14.9. The van der Waals surface area contributed by atoms with Crippen LogP contribution in [-0.2, 0) is 0 Å². The number of piperidine rings is 1. The van der Waals surface area contributed by atoms with Crippen molar-refractivity contribution in [1.29, 1.82) is 0 Å². The lowest BCUT2D eigenvalue weighted by Gasteiger charge is -2.26. The van der Waals surface area contributed by atoms with Crippen molar-refractivity contribution in [3.8, 4) is 17.2 Å². The first-order valence-electron chi connectivity index (χ1n) is 9.06. The molecular formula is C19H25N3O5. The summed E-state index contributed by atoms with van der Waals surface area (Å²) in [5.74, 6) is -0.157. The fourth-order valence-electron chi connectivity index (χ4n) is 3.41. The molecule has 2 heterocycles. The highest BCUT2D eigenvalue weighted by atomic mass is 16.5. The van der Waals surface area contributed by atoms with Crippen molar-refractivity contribution in [1.82, 2.24) is 15.2 Å². The summed E-state index contributed by atoms with van der Waals surface area (Å²) in [4.78, 5) is 29.7. The van der Waals surface area contributed by atoms with Crippen LogP contribution in [0.25, 0.3) is 10.9 Å². The van der Waals surface area contributed by atoms with Crippen LogP contribution >= 0.6 is 0 Å². The van der Waals surface area contributed by atoms with Crippen molar-refractivity contribution in [2.24, 2.45) is 0 Å². The molecule has 0 radical (unpaired) electrons. The van der Waals surface area contributed by atoms with Crippen molar-refractivity contribution >= 4 is 16.8 Å². The van der Waals surface area contributed by atoms with Crippen molar-refractivity contribution in [3.05, 3.63) is 28.0 Å². The number of pyridine rings is 1. The first kappa shape index (κ1) is 19.0. The third-order valence-corrected chi connectivity index (χ3v) is 4.88. The molecule has 3 N–H and O–H groups in total. The Balaban J connectivity index is 1.82. The van der Waals surface area contributed by atoms with Crippen LogP contribution < -0.4 is 20.3 Å². The van der Waals surface area contributed by atoms with Crippen LogP contribution in [0.5, 0.6) is 17.2 Å². The van der Waals surface area contributed by atoms with E-state index in [0.29, 0.717) is 28.9 Å². The number of likely N-dealkylation sites (tertiary alicyclic amines) is 1. The first-order chi connectivity index (χ1) is 13.0. The van der Waals surface area contributed by atoms with Gasteiger partial charge >= 0.3 is 0 Å². The molecule has 146 valence electrons. The summed E-state index contributed by atoms with van der Waals surface area (Å²) in [6.07, 6.45) is 3.59. The maximum atomic E-state index is 12.5. The maximum absolute atomic E-state index is 12.5. The highest BCUT2D eigenvalue weighted by Gasteiger charge is 2.21. The number of nitrogens with zero attached hydrogens (tertiary/aromatic N) is 1. The lowest BCUT2D eigenvalue weighted by molar-refractivity contribution is 0.0942. The third-order valence-electron chi connectivity index (χ3n) is 4.88. The van der Waals surface area contributed by atoms with Crippen LogP contribution in [0.3, 0.4) is 0 Å². The number of aromatic amines is 1. The third kappa shape index (κ3) is 4.00. The number of fused-ring (bicyclic) bond motifs is 1. The fourth-order valence-corrected chi connectivity index (χ4v) is 3.41. The Morgan fingerprint density at radius 3 is 2.52 bits per heavy atom. The van der Waals surface area contributed by atoms with Gasteiger partial charge < -0.3 is 29.8 Å². The van der Waals surface area contributed by atoms with Gasteiger partial charge in [0, 0.05) is 24.5 Å². The summed E-state index contributed by atoms with van der Waals surface area (Å²) < 4.78 is 10.4. The van der Waals surface area contributed by atoms with Gasteiger partial charge in [-0.3, -0.25) is 9.59 Å². The van der Waals surface area contributed by atoms with Gasteiger partial charge in [-0.2, -0.15) is 0 Å². The Morgan fingerprint density at radius 2 is 1.85 bits per heavy atom. The lowest BCUT2D eigenvalue weighted by Crippen LogP contribution is -2.38. The van der Waals surface area contributed by atoms with Crippen LogP contribution in [0.4, 0.5) is 0 Å². The molecule has 2 aromatic rings. The number of aromatic nitrogens is 1. The minimum atomic E-state index is -0.650. The zero-order valence-electron chi connectivity index (χ0n) is 15.6. The van der Waals surface area contributed by atoms with Gasteiger partial charge in [-0.15, -0.1) is 0 Å². The molecule has 1 aromatic heterocycles. The Kier molecular flexibility index (Phi) is 5.85. The molecule has 1 fully saturated rings. The van der Waals surface area contributed by atoms with Crippen LogP contribution in [0, 0.1) is 0 Å². The second kappa shape index (κ2) is 8.30. The molecule has 0 unspecified atom stereocenters. The van der Waals surface area contributed by atoms with Gasteiger partial charge in [-0.1, -0.05) is 6.42 Å². The maximum Gasteiger partial charge on any atom is 0.265 e. The zero-order chi connectivity index (χ0) is 19.4. The van der Waals surface area contributed by atoms with E-state index < -0.39 is 11.5 Å². The number of benzene rings is 1. The monoisotopic (exact) mass is 375 g/mol. The summed E-state index contributed by atoms with van der Waals surface area (Å²) in [6.45, 7) is 3.20. The van der Waals surface area contributed by atoms with E-state index in [9.17, 15) is 14.7 Å². The summed E-state index contributed by atoms with van der Waals surface area (Å²) in [6, 6.07) is 3.08. The van der Waals surface area contributed by atoms with Gasteiger partial charge in [0.15, 0.2) is 11.5 Å². The molecule has 8 heteroatoms. The molecule has 0 atom stereocenters. The Hall–Kier alpha value is -2.74. The van der Waals surface area contributed by atoms with Crippen molar-refractivity contribution < 1.29 is 19.4 Å². The van der Waals surface area contributed by atoms with Crippen molar-refractivity contribution in [3.63, 3.8) is 0 Å². The van der Waals surface area contributed by atoms with E-state index in [0.717, 1.165) is 19.6 Å². The summed E-state index contributed by atoms with van der Waals surface area (Å²) in [5, 5.41) is 13.6. The summed E-state index contributed by atoms with van der Waals surface area (Å²) >= 11 is 0.